The molecule has 0 aliphatic carbocycles. The summed E-state index contributed by atoms with van der Waals surface area (Å²) in [4.78, 5) is 51.2. The molecule has 1 aliphatic heterocycles. The number of fused-ring (bicyclic) bond motifs is 2. The van der Waals surface area contributed by atoms with Gasteiger partial charge in [-0.25, -0.2) is 9.59 Å². The van der Waals surface area contributed by atoms with Gasteiger partial charge in [0, 0.05) is 17.5 Å². The van der Waals surface area contributed by atoms with Gasteiger partial charge in [-0.2, -0.15) is 0 Å². The van der Waals surface area contributed by atoms with Crippen molar-refractivity contribution in [3.05, 3.63) is 75.6 Å². The fourth-order valence-electron chi connectivity index (χ4n) is 3.68. The van der Waals surface area contributed by atoms with Gasteiger partial charge in [0.25, 0.3) is 11.8 Å². The Morgan fingerprint density at radius 2 is 1.60 bits per heavy atom. The lowest BCUT2D eigenvalue weighted by atomic mass is 10.0. The molecule has 0 bridgehead atoms. The van der Waals surface area contributed by atoms with E-state index in [4.69, 9.17) is 9.15 Å². The van der Waals surface area contributed by atoms with Gasteiger partial charge in [0.15, 0.2) is 0 Å². The van der Waals surface area contributed by atoms with Crippen LogP contribution in [0, 0.1) is 12.8 Å². The van der Waals surface area contributed by atoms with Crippen molar-refractivity contribution < 1.29 is 23.5 Å². The number of imide groups is 1. The highest BCUT2D eigenvalue weighted by molar-refractivity contribution is 6.22. The molecule has 4 rings (SSSR count). The fraction of sp³-hybridized carbons (Fsp3) is 0.217. The Bertz CT molecular complexity index is 1220. The molecule has 0 radical (unpaired) electrons. The number of amides is 2. The van der Waals surface area contributed by atoms with Crippen molar-refractivity contribution in [3.8, 4) is 5.75 Å². The summed E-state index contributed by atoms with van der Waals surface area (Å²) in [6.45, 7) is 5.25. The van der Waals surface area contributed by atoms with E-state index in [2.05, 4.69) is 0 Å². The molecule has 0 saturated heterocycles. The largest absolute Gasteiger partial charge is 0.425 e. The fourth-order valence-corrected chi connectivity index (χ4v) is 3.68. The summed E-state index contributed by atoms with van der Waals surface area (Å²) in [7, 11) is 0. The molecule has 152 valence electrons. The average Bonchev–Trinajstić information content (AvgIpc) is 2.93. The van der Waals surface area contributed by atoms with E-state index in [0.29, 0.717) is 0 Å². The second-order valence-electron chi connectivity index (χ2n) is 7.54. The van der Waals surface area contributed by atoms with Crippen molar-refractivity contribution in [2.75, 3.05) is 0 Å². The number of ether oxygens (including phenoxy) is 1. The predicted octanol–water partition coefficient (Wildman–Crippen LogP) is 3.33. The second-order valence-corrected chi connectivity index (χ2v) is 7.54. The van der Waals surface area contributed by atoms with Crippen LogP contribution in [0.25, 0.3) is 11.0 Å². The van der Waals surface area contributed by atoms with E-state index in [1.165, 1.54) is 12.1 Å². The van der Waals surface area contributed by atoms with E-state index in [1.54, 1.807) is 57.2 Å². The number of rotatable bonds is 4. The molecule has 0 fully saturated rings. The molecule has 2 heterocycles. The zero-order valence-corrected chi connectivity index (χ0v) is 16.7. The first-order valence-electron chi connectivity index (χ1n) is 9.51. The van der Waals surface area contributed by atoms with Crippen molar-refractivity contribution in [2.45, 2.75) is 26.8 Å². The Balaban J connectivity index is 1.66. The third-order valence-corrected chi connectivity index (χ3v) is 5.12. The van der Waals surface area contributed by atoms with E-state index in [9.17, 15) is 19.2 Å². The molecule has 0 spiro atoms. The summed E-state index contributed by atoms with van der Waals surface area (Å²) < 4.78 is 10.7. The number of nitrogens with zero attached hydrogens (tertiary/aromatic N) is 1. The van der Waals surface area contributed by atoms with Gasteiger partial charge in [-0.05, 0) is 42.7 Å². The standard InChI is InChI=1S/C23H19NO6/c1-12(2)20(24-21(26)16-6-4-5-7-17(16)22(24)27)23(28)29-14-8-9-15-13(3)10-19(25)30-18(15)11-14/h4-12,20H,1-3H3. The molecule has 1 unspecified atom stereocenters. The van der Waals surface area contributed by atoms with E-state index < -0.39 is 29.5 Å². The molecule has 7 heteroatoms. The van der Waals surface area contributed by atoms with Crippen LogP contribution >= 0.6 is 0 Å². The van der Waals surface area contributed by atoms with Crippen LogP contribution in [0.3, 0.4) is 0 Å². The number of hydrogen-bond donors (Lipinski definition) is 0. The summed E-state index contributed by atoms with van der Waals surface area (Å²) in [6, 6.07) is 11.4. The maximum absolute atomic E-state index is 13.0. The Labute approximate surface area is 171 Å². The quantitative estimate of drug-likeness (QED) is 0.286. The van der Waals surface area contributed by atoms with Crippen molar-refractivity contribution in [1.29, 1.82) is 0 Å². The summed E-state index contributed by atoms with van der Waals surface area (Å²) in [5.41, 5.74) is 1.06. The van der Waals surface area contributed by atoms with Crippen LogP contribution in [0.5, 0.6) is 5.75 Å². The molecular formula is C23H19NO6. The number of carbonyl (C=O) groups excluding carboxylic acids is 3. The van der Waals surface area contributed by atoms with Crippen molar-refractivity contribution >= 4 is 28.8 Å². The zero-order chi connectivity index (χ0) is 21.6. The average molecular weight is 405 g/mol. The van der Waals surface area contributed by atoms with E-state index >= 15 is 0 Å². The third-order valence-electron chi connectivity index (χ3n) is 5.12. The normalized spacial score (nSPS) is 14.3. The molecule has 30 heavy (non-hydrogen) atoms. The van der Waals surface area contributed by atoms with Gasteiger partial charge in [0.05, 0.1) is 11.1 Å². The van der Waals surface area contributed by atoms with Crippen LogP contribution < -0.4 is 10.4 Å². The molecule has 1 atom stereocenters. The van der Waals surface area contributed by atoms with E-state index in [0.717, 1.165) is 15.8 Å². The molecule has 1 aliphatic rings. The van der Waals surface area contributed by atoms with Crippen LogP contribution in [-0.4, -0.2) is 28.7 Å². The van der Waals surface area contributed by atoms with E-state index in [-0.39, 0.29) is 28.4 Å². The first-order valence-corrected chi connectivity index (χ1v) is 9.51. The maximum atomic E-state index is 13.0. The molecule has 3 aromatic rings. The van der Waals surface area contributed by atoms with Crippen LogP contribution in [0.4, 0.5) is 0 Å². The summed E-state index contributed by atoms with van der Waals surface area (Å²) in [5.74, 6) is -2.00. The zero-order valence-electron chi connectivity index (χ0n) is 16.7. The van der Waals surface area contributed by atoms with Crippen molar-refractivity contribution in [3.63, 3.8) is 0 Å². The van der Waals surface area contributed by atoms with E-state index in [1.807, 2.05) is 0 Å². The molecule has 0 N–H and O–H groups in total. The molecular weight excluding hydrogens is 386 g/mol. The predicted molar refractivity (Wildman–Crippen MR) is 108 cm³/mol. The lowest BCUT2D eigenvalue weighted by Crippen LogP contribution is -2.49. The SMILES string of the molecule is Cc1cc(=O)oc2cc(OC(=O)C(C(C)C)N3C(=O)c4ccccc4C3=O)ccc12. The van der Waals surface area contributed by atoms with Crippen LogP contribution in [0.2, 0.25) is 0 Å². The van der Waals surface area contributed by atoms with Gasteiger partial charge >= 0.3 is 11.6 Å². The number of benzene rings is 2. The van der Waals surface area contributed by atoms with Crippen LogP contribution in [0.15, 0.2) is 57.7 Å². The van der Waals surface area contributed by atoms with Gasteiger partial charge in [-0.1, -0.05) is 26.0 Å². The maximum Gasteiger partial charge on any atom is 0.336 e. The van der Waals surface area contributed by atoms with Crippen molar-refractivity contribution in [1.82, 2.24) is 4.90 Å². The minimum absolute atomic E-state index is 0.156. The molecule has 0 saturated carbocycles. The molecule has 1 aromatic heterocycles. The minimum atomic E-state index is -1.10. The summed E-state index contributed by atoms with van der Waals surface area (Å²) >= 11 is 0. The van der Waals surface area contributed by atoms with Gasteiger partial charge < -0.3 is 9.15 Å². The number of carbonyl (C=O) groups is 3. The number of esters is 1. The molecule has 2 amide bonds. The highest BCUT2D eigenvalue weighted by Crippen LogP contribution is 2.29. The minimum Gasteiger partial charge on any atom is -0.425 e. The third kappa shape index (κ3) is 3.18. The first-order chi connectivity index (χ1) is 14.3. The highest BCUT2D eigenvalue weighted by atomic mass is 16.5. The number of aryl methyl sites for hydroxylation is 1. The first kappa shape index (κ1) is 19.6. The van der Waals surface area contributed by atoms with Crippen molar-refractivity contribution in [2.24, 2.45) is 5.92 Å². The smallest absolute Gasteiger partial charge is 0.336 e. The van der Waals surface area contributed by atoms with Gasteiger partial charge in [0.1, 0.15) is 17.4 Å². The van der Waals surface area contributed by atoms with Gasteiger partial charge in [-0.15, -0.1) is 0 Å². The summed E-state index contributed by atoms with van der Waals surface area (Å²) in [6.07, 6.45) is 0. The van der Waals surface area contributed by atoms with Gasteiger partial charge in [-0.3, -0.25) is 14.5 Å². The van der Waals surface area contributed by atoms with Crippen LogP contribution in [0.1, 0.15) is 40.1 Å². The Hall–Kier alpha value is -3.74. The monoisotopic (exact) mass is 405 g/mol. The van der Waals surface area contributed by atoms with Crippen LogP contribution in [-0.2, 0) is 4.79 Å². The highest BCUT2D eigenvalue weighted by Gasteiger charge is 2.44. The Kier molecular flexibility index (Phi) is 4.73. The number of hydrogen-bond acceptors (Lipinski definition) is 6. The lowest BCUT2D eigenvalue weighted by molar-refractivity contribution is -0.140. The summed E-state index contributed by atoms with van der Waals surface area (Å²) in [5, 5.41) is 0.718. The topological polar surface area (TPSA) is 93.9 Å². The Morgan fingerprint density at radius 3 is 2.20 bits per heavy atom. The molecule has 7 nitrogen and oxygen atoms in total. The lowest BCUT2D eigenvalue weighted by Gasteiger charge is -2.27. The Morgan fingerprint density at radius 1 is 0.967 bits per heavy atom. The van der Waals surface area contributed by atoms with Gasteiger partial charge in [0.2, 0.25) is 0 Å². The molecule has 2 aromatic carbocycles. The second kappa shape index (κ2) is 7.26.